The number of aromatic amines is 1. The molecule has 8 heteroatoms. The molecule has 2 N–H and O–H groups in total. The summed E-state index contributed by atoms with van der Waals surface area (Å²) in [5, 5.41) is 11.1. The Balaban J connectivity index is 1.40. The van der Waals surface area contributed by atoms with Crippen LogP contribution in [0, 0.1) is 6.20 Å². The van der Waals surface area contributed by atoms with Gasteiger partial charge in [0.1, 0.15) is 13.1 Å². The first kappa shape index (κ1) is 18.0. The highest BCUT2D eigenvalue weighted by Gasteiger charge is 2.08. The van der Waals surface area contributed by atoms with E-state index in [0.717, 1.165) is 33.3 Å². The molecule has 5 rings (SSSR count). The maximum Gasteiger partial charge on any atom is 0.230 e. The third kappa shape index (κ3) is 3.51. The van der Waals surface area contributed by atoms with E-state index in [2.05, 4.69) is 36.7 Å². The minimum absolute atomic E-state index is 0.436. The lowest BCUT2D eigenvalue weighted by molar-refractivity contribution is 0.134. The van der Waals surface area contributed by atoms with E-state index in [9.17, 15) is 0 Å². The molecule has 0 unspecified atom stereocenters. The zero-order chi connectivity index (χ0) is 20.3. The molecular weight excluding hydrogens is 378 g/mol. The summed E-state index contributed by atoms with van der Waals surface area (Å²) in [6.07, 6.45) is 8.33. The van der Waals surface area contributed by atoms with Gasteiger partial charge in [0.2, 0.25) is 5.95 Å². The van der Waals surface area contributed by atoms with Crippen LogP contribution in [0.4, 0.5) is 11.6 Å². The highest BCUT2D eigenvalue weighted by Crippen LogP contribution is 2.25. The van der Waals surface area contributed by atoms with Crippen LogP contribution in [0.15, 0.2) is 67.3 Å². The molecular formula is C22H18N7O. The van der Waals surface area contributed by atoms with E-state index < -0.39 is 0 Å². The van der Waals surface area contributed by atoms with Crippen molar-refractivity contribution in [3.05, 3.63) is 73.4 Å². The van der Waals surface area contributed by atoms with Crippen LogP contribution >= 0.6 is 0 Å². The second-order valence-electron chi connectivity index (χ2n) is 6.71. The lowest BCUT2D eigenvalue weighted by Gasteiger charge is -2.08. The largest absolute Gasteiger partial charge is 0.364 e. The van der Waals surface area contributed by atoms with E-state index in [4.69, 9.17) is 4.74 Å². The first-order chi connectivity index (χ1) is 14.8. The van der Waals surface area contributed by atoms with Gasteiger partial charge in [-0.25, -0.2) is 9.97 Å². The lowest BCUT2D eigenvalue weighted by atomic mass is 10.1. The number of rotatable bonds is 6. The van der Waals surface area contributed by atoms with Crippen LogP contribution in [0.1, 0.15) is 0 Å². The van der Waals surface area contributed by atoms with Gasteiger partial charge in [0.15, 0.2) is 5.82 Å². The molecule has 0 aliphatic carbocycles. The first-order valence-corrected chi connectivity index (χ1v) is 9.36. The van der Waals surface area contributed by atoms with Crippen LogP contribution in [0.3, 0.4) is 0 Å². The van der Waals surface area contributed by atoms with Crippen molar-refractivity contribution in [1.29, 1.82) is 0 Å². The summed E-state index contributed by atoms with van der Waals surface area (Å²) in [7, 11) is 1.66. The second-order valence-corrected chi connectivity index (χ2v) is 6.71. The molecule has 3 heterocycles. The van der Waals surface area contributed by atoms with E-state index in [-0.39, 0.29) is 0 Å². The Hall–Kier alpha value is -4.04. The molecule has 0 fully saturated rings. The number of aromatic nitrogens is 6. The molecule has 0 bridgehead atoms. The lowest BCUT2D eigenvalue weighted by Crippen LogP contribution is -2.00. The third-order valence-corrected chi connectivity index (χ3v) is 4.76. The first-order valence-electron chi connectivity index (χ1n) is 9.36. The van der Waals surface area contributed by atoms with Gasteiger partial charge in [-0.2, -0.15) is 10.1 Å². The fourth-order valence-electron chi connectivity index (χ4n) is 3.27. The SMILES string of the molecule is COCn1[c]cc2ccc(-c3ncnc(Nc4ccc(-c5cn[nH]c5)cc4)n3)cc21. The van der Waals surface area contributed by atoms with Gasteiger partial charge in [-0.05, 0) is 29.8 Å². The maximum absolute atomic E-state index is 5.23. The molecule has 0 aliphatic heterocycles. The molecule has 8 nitrogen and oxygen atoms in total. The number of methoxy groups -OCH3 is 1. The zero-order valence-electron chi connectivity index (χ0n) is 16.2. The Labute approximate surface area is 172 Å². The van der Waals surface area contributed by atoms with Crippen molar-refractivity contribution in [1.82, 2.24) is 29.7 Å². The second kappa shape index (κ2) is 7.76. The number of fused-ring (bicyclic) bond motifs is 1. The van der Waals surface area contributed by atoms with Crippen LogP contribution in [-0.4, -0.2) is 36.8 Å². The molecule has 5 aromatic rings. The molecule has 2 aromatic carbocycles. The Kier molecular flexibility index (Phi) is 4.66. The molecule has 30 heavy (non-hydrogen) atoms. The number of ether oxygens (including phenoxy) is 1. The third-order valence-electron chi connectivity index (χ3n) is 4.76. The Morgan fingerprint density at radius 1 is 1.07 bits per heavy atom. The monoisotopic (exact) mass is 396 g/mol. The topological polar surface area (TPSA) is 93.5 Å². The highest BCUT2D eigenvalue weighted by molar-refractivity contribution is 5.84. The van der Waals surface area contributed by atoms with Gasteiger partial charge in [-0.15, -0.1) is 0 Å². The van der Waals surface area contributed by atoms with E-state index in [0.29, 0.717) is 18.5 Å². The normalized spacial score (nSPS) is 11.1. The van der Waals surface area contributed by atoms with Crippen LogP contribution in [-0.2, 0) is 11.5 Å². The van der Waals surface area contributed by atoms with Crippen LogP contribution in [0.5, 0.6) is 0 Å². The molecule has 0 atom stereocenters. The summed E-state index contributed by atoms with van der Waals surface area (Å²) in [4.78, 5) is 13.2. The molecule has 1 radical (unpaired) electrons. The molecule has 0 saturated heterocycles. The standard InChI is InChI=1S/C22H18N7O/c1-30-14-29-9-8-16-2-3-17(10-20(16)29)21-23-13-24-22(28-21)27-19-6-4-15(5-7-19)18-11-25-26-12-18/h2-8,10-13H,14H2,1H3,(H,25,26)(H,23,24,27,28). The number of nitrogens with zero attached hydrogens (tertiary/aromatic N) is 5. The van der Waals surface area contributed by atoms with Crippen LogP contribution < -0.4 is 5.32 Å². The van der Waals surface area contributed by atoms with Gasteiger partial charge in [0.25, 0.3) is 0 Å². The van der Waals surface area contributed by atoms with E-state index >= 15 is 0 Å². The van der Waals surface area contributed by atoms with E-state index in [1.165, 1.54) is 6.33 Å². The van der Waals surface area contributed by atoms with Crippen molar-refractivity contribution < 1.29 is 4.74 Å². The van der Waals surface area contributed by atoms with E-state index in [1.807, 2.05) is 59.3 Å². The fraction of sp³-hybridized carbons (Fsp3) is 0.0909. The number of hydrogen-bond acceptors (Lipinski definition) is 6. The molecule has 0 saturated carbocycles. The van der Waals surface area contributed by atoms with Gasteiger partial charge >= 0.3 is 0 Å². The average Bonchev–Trinajstić information content (AvgIpc) is 3.45. The van der Waals surface area contributed by atoms with Crippen molar-refractivity contribution in [3.8, 4) is 22.5 Å². The number of benzene rings is 2. The summed E-state index contributed by atoms with van der Waals surface area (Å²) in [5.74, 6) is 1.07. The summed E-state index contributed by atoms with van der Waals surface area (Å²) >= 11 is 0. The fourth-order valence-corrected chi connectivity index (χ4v) is 3.27. The van der Waals surface area contributed by atoms with Crippen molar-refractivity contribution in [2.75, 3.05) is 12.4 Å². The van der Waals surface area contributed by atoms with Crippen molar-refractivity contribution in [2.45, 2.75) is 6.73 Å². The van der Waals surface area contributed by atoms with Gasteiger partial charge in [0.05, 0.1) is 17.9 Å². The molecule has 147 valence electrons. The number of anilines is 2. The number of hydrogen-bond donors (Lipinski definition) is 2. The summed E-state index contributed by atoms with van der Waals surface area (Å²) in [6.45, 7) is 0.436. The molecule has 0 spiro atoms. The highest BCUT2D eigenvalue weighted by atomic mass is 16.5. The Morgan fingerprint density at radius 3 is 2.73 bits per heavy atom. The predicted octanol–water partition coefficient (Wildman–Crippen LogP) is 4.03. The number of nitrogens with one attached hydrogen (secondary N) is 2. The molecule has 0 aliphatic rings. The summed E-state index contributed by atoms with van der Waals surface area (Å²) < 4.78 is 7.15. The minimum Gasteiger partial charge on any atom is -0.364 e. The molecule has 3 aromatic heterocycles. The van der Waals surface area contributed by atoms with Crippen molar-refractivity contribution in [3.63, 3.8) is 0 Å². The van der Waals surface area contributed by atoms with Gasteiger partial charge in [-0.3, -0.25) is 5.10 Å². The van der Waals surface area contributed by atoms with Gasteiger partial charge in [0, 0.05) is 35.5 Å². The molecule has 0 amide bonds. The van der Waals surface area contributed by atoms with Crippen LogP contribution in [0.2, 0.25) is 0 Å². The van der Waals surface area contributed by atoms with Crippen LogP contribution in [0.25, 0.3) is 33.4 Å². The van der Waals surface area contributed by atoms with Gasteiger partial charge in [-0.1, -0.05) is 24.3 Å². The maximum atomic E-state index is 5.23. The Morgan fingerprint density at radius 2 is 1.93 bits per heavy atom. The smallest absolute Gasteiger partial charge is 0.230 e. The average molecular weight is 396 g/mol. The van der Waals surface area contributed by atoms with Crippen molar-refractivity contribution >= 4 is 22.5 Å². The predicted molar refractivity (Wildman–Crippen MR) is 114 cm³/mol. The minimum atomic E-state index is 0.436. The van der Waals surface area contributed by atoms with Crippen molar-refractivity contribution in [2.24, 2.45) is 0 Å². The van der Waals surface area contributed by atoms with Gasteiger partial charge < -0.3 is 14.6 Å². The zero-order valence-corrected chi connectivity index (χ0v) is 16.2. The quantitative estimate of drug-likeness (QED) is 0.450. The summed E-state index contributed by atoms with van der Waals surface area (Å²) in [6, 6.07) is 16.0. The summed E-state index contributed by atoms with van der Waals surface area (Å²) in [5.41, 5.74) is 4.91. The number of H-pyrrole nitrogens is 1. The Bertz CT molecular complexity index is 1280. The van der Waals surface area contributed by atoms with E-state index in [1.54, 1.807) is 13.3 Å².